The van der Waals surface area contributed by atoms with E-state index < -0.39 is 10.0 Å². The number of hydrogen-bond donors (Lipinski definition) is 1. The van der Waals surface area contributed by atoms with Crippen LogP contribution in [0, 0.1) is 5.82 Å². The normalized spacial score (nSPS) is 15.4. The predicted octanol–water partition coefficient (Wildman–Crippen LogP) is 4.15. The molecule has 0 aliphatic carbocycles. The Morgan fingerprint density at radius 1 is 1.07 bits per heavy atom. The lowest BCUT2D eigenvalue weighted by Crippen LogP contribution is -2.30. The molecule has 1 N–H and O–H groups in total. The van der Waals surface area contributed by atoms with E-state index in [-0.39, 0.29) is 30.7 Å². The largest absolute Gasteiger partial charge is 0.350 e. The van der Waals surface area contributed by atoms with E-state index in [9.17, 15) is 17.6 Å². The zero-order valence-electron chi connectivity index (χ0n) is 15.9. The Kier molecular flexibility index (Phi) is 5.00. The molecule has 1 heterocycles. The van der Waals surface area contributed by atoms with Crippen molar-refractivity contribution in [2.75, 3.05) is 10.8 Å². The number of rotatable bonds is 6. The molecule has 0 unspecified atom stereocenters. The number of carbonyl (C=O) groups excluding carboxylic acids is 1. The van der Waals surface area contributed by atoms with Gasteiger partial charge in [0.25, 0.3) is 10.0 Å². The highest BCUT2D eigenvalue weighted by Crippen LogP contribution is 2.41. The minimum atomic E-state index is -3.60. The Morgan fingerprint density at radius 3 is 2.48 bits per heavy atom. The van der Waals surface area contributed by atoms with Crippen molar-refractivity contribution in [3.8, 4) is 0 Å². The molecule has 1 aliphatic heterocycles. The third-order valence-electron chi connectivity index (χ3n) is 5.19. The van der Waals surface area contributed by atoms with Crippen molar-refractivity contribution in [1.82, 2.24) is 5.32 Å². The van der Waals surface area contributed by atoms with Crippen LogP contribution in [0.3, 0.4) is 0 Å². The fourth-order valence-electron chi connectivity index (χ4n) is 3.73. The second-order valence-electron chi connectivity index (χ2n) is 7.15. The first-order valence-corrected chi connectivity index (χ1v) is 10.9. The lowest BCUT2D eigenvalue weighted by Gasteiger charge is -2.19. The zero-order valence-corrected chi connectivity index (χ0v) is 16.7. The van der Waals surface area contributed by atoms with Gasteiger partial charge in [0.1, 0.15) is 5.82 Å². The molecule has 29 heavy (non-hydrogen) atoms. The Hall–Kier alpha value is -2.93. The average molecular weight is 412 g/mol. The average Bonchev–Trinajstić information content (AvgIpc) is 2.92. The van der Waals surface area contributed by atoms with Gasteiger partial charge in [-0.1, -0.05) is 36.4 Å². The number of nitrogens with zero attached hydrogens (tertiary/aromatic N) is 1. The second kappa shape index (κ2) is 7.48. The Bertz CT molecular complexity index is 1170. The summed E-state index contributed by atoms with van der Waals surface area (Å²) in [5, 5.41) is 4.50. The van der Waals surface area contributed by atoms with Gasteiger partial charge < -0.3 is 5.32 Å². The van der Waals surface area contributed by atoms with E-state index in [0.717, 1.165) is 16.3 Å². The van der Waals surface area contributed by atoms with Crippen LogP contribution in [-0.2, 0) is 14.8 Å². The Balaban J connectivity index is 1.40. The van der Waals surface area contributed by atoms with Crippen molar-refractivity contribution < 1.29 is 17.6 Å². The molecule has 3 aromatic carbocycles. The van der Waals surface area contributed by atoms with E-state index >= 15 is 0 Å². The number of hydrogen-bond acceptors (Lipinski definition) is 3. The third kappa shape index (κ3) is 3.58. The number of anilines is 1. The number of halogens is 1. The summed E-state index contributed by atoms with van der Waals surface area (Å²) in [5.41, 5.74) is 1.47. The summed E-state index contributed by atoms with van der Waals surface area (Å²) in [6, 6.07) is 16.5. The molecule has 0 saturated heterocycles. The number of amides is 1. The topological polar surface area (TPSA) is 66.5 Å². The van der Waals surface area contributed by atoms with Gasteiger partial charge in [0.15, 0.2) is 0 Å². The summed E-state index contributed by atoms with van der Waals surface area (Å²) in [6.45, 7) is 2.06. The SMILES string of the molecule is C[C@@H](NC(=O)CCCN1c2cccc3cccc(c23)S1(=O)=O)c1ccc(F)cc1. The van der Waals surface area contributed by atoms with Crippen LogP contribution in [0.5, 0.6) is 0 Å². The first-order valence-electron chi connectivity index (χ1n) is 9.47. The standard InChI is InChI=1S/C22H21FN2O3S/c1-15(16-10-12-18(23)13-11-16)24-21(26)9-4-14-25-19-7-2-5-17-6-3-8-20(22(17)19)29(25,27)28/h2-3,5-8,10-13,15H,4,9,14H2,1H3,(H,24,26)/t15-/m1/s1. The first-order chi connectivity index (χ1) is 13.9. The molecule has 4 rings (SSSR count). The maximum Gasteiger partial charge on any atom is 0.265 e. The number of nitrogens with one attached hydrogen (secondary N) is 1. The Labute approximate surface area is 169 Å². The number of carbonyl (C=O) groups is 1. The molecule has 5 nitrogen and oxygen atoms in total. The molecule has 150 valence electrons. The van der Waals surface area contributed by atoms with Gasteiger partial charge in [-0.15, -0.1) is 0 Å². The van der Waals surface area contributed by atoms with Crippen molar-refractivity contribution in [1.29, 1.82) is 0 Å². The molecule has 0 fully saturated rings. The molecule has 1 aliphatic rings. The zero-order chi connectivity index (χ0) is 20.6. The molecule has 0 spiro atoms. The van der Waals surface area contributed by atoms with Crippen LogP contribution in [0.15, 0.2) is 65.6 Å². The molecular weight excluding hydrogens is 391 g/mol. The monoisotopic (exact) mass is 412 g/mol. The van der Waals surface area contributed by atoms with Crippen molar-refractivity contribution in [3.63, 3.8) is 0 Å². The van der Waals surface area contributed by atoms with Crippen LogP contribution in [0.25, 0.3) is 10.8 Å². The van der Waals surface area contributed by atoms with Crippen LogP contribution >= 0.6 is 0 Å². The molecule has 0 saturated carbocycles. The fourth-order valence-corrected chi connectivity index (χ4v) is 5.48. The van der Waals surface area contributed by atoms with Crippen LogP contribution in [0.2, 0.25) is 0 Å². The summed E-state index contributed by atoms with van der Waals surface area (Å²) in [6.07, 6.45) is 0.593. The van der Waals surface area contributed by atoms with Gasteiger partial charge in [-0.05, 0) is 48.6 Å². The van der Waals surface area contributed by atoms with Crippen LogP contribution in [0.1, 0.15) is 31.4 Å². The smallest absolute Gasteiger partial charge is 0.265 e. The molecule has 1 atom stereocenters. The summed E-state index contributed by atoms with van der Waals surface area (Å²) < 4.78 is 40.3. The maximum atomic E-state index is 13.0. The summed E-state index contributed by atoms with van der Waals surface area (Å²) in [4.78, 5) is 12.6. The van der Waals surface area contributed by atoms with Gasteiger partial charge >= 0.3 is 0 Å². The molecule has 3 aromatic rings. The van der Waals surface area contributed by atoms with Gasteiger partial charge in [0.2, 0.25) is 5.91 Å². The summed E-state index contributed by atoms with van der Waals surface area (Å²) in [5.74, 6) is -0.496. The van der Waals surface area contributed by atoms with Crippen LogP contribution in [-0.4, -0.2) is 20.9 Å². The summed E-state index contributed by atoms with van der Waals surface area (Å²) in [7, 11) is -3.60. The van der Waals surface area contributed by atoms with Crippen LogP contribution < -0.4 is 9.62 Å². The van der Waals surface area contributed by atoms with Gasteiger partial charge in [0, 0.05) is 18.4 Å². The van der Waals surface area contributed by atoms with Crippen molar-refractivity contribution in [2.24, 2.45) is 0 Å². The molecule has 0 radical (unpaired) electrons. The number of benzene rings is 3. The molecule has 7 heteroatoms. The van der Waals surface area contributed by atoms with Crippen molar-refractivity contribution in [3.05, 3.63) is 72.0 Å². The lowest BCUT2D eigenvalue weighted by molar-refractivity contribution is -0.121. The highest BCUT2D eigenvalue weighted by molar-refractivity contribution is 7.93. The third-order valence-corrected chi connectivity index (χ3v) is 7.05. The van der Waals surface area contributed by atoms with E-state index in [0.29, 0.717) is 17.0 Å². The van der Waals surface area contributed by atoms with E-state index in [2.05, 4.69) is 5.32 Å². The van der Waals surface area contributed by atoms with Crippen molar-refractivity contribution >= 4 is 32.4 Å². The molecule has 0 aromatic heterocycles. The van der Waals surface area contributed by atoms with E-state index in [1.54, 1.807) is 30.3 Å². The predicted molar refractivity (Wildman–Crippen MR) is 111 cm³/mol. The molecular formula is C22H21FN2O3S. The summed E-state index contributed by atoms with van der Waals surface area (Å²) >= 11 is 0. The lowest BCUT2D eigenvalue weighted by atomic mass is 10.1. The van der Waals surface area contributed by atoms with Crippen LogP contribution in [0.4, 0.5) is 10.1 Å². The maximum absolute atomic E-state index is 13.0. The highest BCUT2D eigenvalue weighted by atomic mass is 32.2. The minimum absolute atomic E-state index is 0.172. The Morgan fingerprint density at radius 2 is 1.76 bits per heavy atom. The fraction of sp³-hybridized carbons (Fsp3) is 0.227. The number of sulfonamides is 1. The van der Waals surface area contributed by atoms with Gasteiger partial charge in [0.05, 0.1) is 16.6 Å². The molecule has 1 amide bonds. The van der Waals surface area contributed by atoms with E-state index in [1.165, 1.54) is 16.4 Å². The van der Waals surface area contributed by atoms with Gasteiger partial charge in [-0.3, -0.25) is 9.10 Å². The van der Waals surface area contributed by atoms with Gasteiger partial charge in [-0.2, -0.15) is 0 Å². The van der Waals surface area contributed by atoms with E-state index in [4.69, 9.17) is 0 Å². The molecule has 0 bridgehead atoms. The quantitative estimate of drug-likeness (QED) is 0.662. The minimum Gasteiger partial charge on any atom is -0.350 e. The second-order valence-corrected chi connectivity index (χ2v) is 8.98. The van der Waals surface area contributed by atoms with E-state index in [1.807, 2.05) is 25.1 Å². The van der Waals surface area contributed by atoms with Crippen molar-refractivity contribution in [2.45, 2.75) is 30.7 Å². The first kappa shape index (κ1) is 19.4. The van der Waals surface area contributed by atoms with Gasteiger partial charge in [-0.25, -0.2) is 12.8 Å². The highest BCUT2D eigenvalue weighted by Gasteiger charge is 2.35.